The van der Waals surface area contributed by atoms with E-state index in [4.69, 9.17) is 4.74 Å². The topological polar surface area (TPSA) is 95.9 Å². The average molecular weight is 894 g/mol. The van der Waals surface area contributed by atoms with E-state index in [1.165, 1.54) is 128 Å². The van der Waals surface area contributed by atoms with Crippen LogP contribution in [0.5, 0.6) is 0 Å². The summed E-state index contributed by atoms with van der Waals surface area (Å²) in [5, 5.41) is 23.8. The van der Waals surface area contributed by atoms with Crippen molar-refractivity contribution < 1.29 is 24.5 Å². The van der Waals surface area contributed by atoms with Crippen LogP contribution in [0.3, 0.4) is 0 Å². The fourth-order valence-corrected chi connectivity index (χ4v) is 7.94. The lowest BCUT2D eigenvalue weighted by molar-refractivity contribution is -0.151. The summed E-state index contributed by atoms with van der Waals surface area (Å²) < 4.78 is 5.93. The van der Waals surface area contributed by atoms with Crippen molar-refractivity contribution in [1.29, 1.82) is 0 Å². The maximum Gasteiger partial charge on any atom is 0.306 e. The van der Waals surface area contributed by atoms with Crippen LogP contribution in [0.4, 0.5) is 0 Å². The molecule has 1 amide bonds. The van der Waals surface area contributed by atoms with Gasteiger partial charge in [-0.1, -0.05) is 235 Å². The van der Waals surface area contributed by atoms with E-state index in [0.717, 1.165) is 83.5 Å². The van der Waals surface area contributed by atoms with Gasteiger partial charge in [-0.15, -0.1) is 0 Å². The highest BCUT2D eigenvalue weighted by Gasteiger charge is 2.24. The highest BCUT2D eigenvalue weighted by Crippen LogP contribution is 2.17. The third kappa shape index (κ3) is 45.9. The van der Waals surface area contributed by atoms with Crippen molar-refractivity contribution in [2.75, 3.05) is 6.61 Å². The summed E-state index contributed by atoms with van der Waals surface area (Å²) in [7, 11) is 0. The molecule has 0 fully saturated rings. The molecule has 0 spiro atoms. The maximum atomic E-state index is 13.2. The third-order valence-electron chi connectivity index (χ3n) is 12.1. The van der Waals surface area contributed by atoms with E-state index in [-0.39, 0.29) is 24.9 Å². The fourth-order valence-electron chi connectivity index (χ4n) is 7.94. The van der Waals surface area contributed by atoms with Crippen molar-refractivity contribution in [1.82, 2.24) is 5.32 Å². The molecule has 0 bridgehead atoms. The van der Waals surface area contributed by atoms with E-state index >= 15 is 0 Å². The molecule has 0 aromatic rings. The van der Waals surface area contributed by atoms with Crippen LogP contribution >= 0.6 is 0 Å². The first kappa shape index (κ1) is 61.3. The number of ether oxygens (including phenoxy) is 1. The zero-order valence-corrected chi connectivity index (χ0v) is 42.1. The quantitative estimate of drug-likeness (QED) is 0.0245. The lowest BCUT2D eigenvalue weighted by Crippen LogP contribution is -2.46. The first-order chi connectivity index (χ1) is 31.5. The second kappa shape index (κ2) is 51.3. The molecule has 6 nitrogen and oxygen atoms in total. The van der Waals surface area contributed by atoms with Crippen LogP contribution in [-0.4, -0.2) is 46.9 Å². The summed E-state index contributed by atoms with van der Waals surface area (Å²) in [6.45, 7) is 6.41. The monoisotopic (exact) mass is 894 g/mol. The number of esters is 1. The number of allylic oxidation sites excluding steroid dienone is 12. The van der Waals surface area contributed by atoms with Crippen molar-refractivity contribution in [2.45, 2.75) is 277 Å². The highest BCUT2D eigenvalue weighted by molar-refractivity contribution is 5.77. The van der Waals surface area contributed by atoms with Crippen molar-refractivity contribution in [3.05, 3.63) is 72.9 Å². The predicted molar refractivity (Wildman–Crippen MR) is 278 cm³/mol. The molecule has 64 heavy (non-hydrogen) atoms. The Hall–Kier alpha value is -2.70. The van der Waals surface area contributed by atoms with Gasteiger partial charge in [-0.05, 0) is 83.5 Å². The average Bonchev–Trinajstić information content (AvgIpc) is 3.29. The molecule has 6 heteroatoms. The molecule has 0 aliphatic heterocycles. The minimum Gasteiger partial charge on any atom is -0.462 e. The Balaban J connectivity index is 4.68. The number of hydrogen-bond donors (Lipinski definition) is 3. The number of carbonyl (C=O) groups is 2. The third-order valence-corrected chi connectivity index (χ3v) is 12.1. The molecule has 0 radical (unpaired) electrons. The van der Waals surface area contributed by atoms with Crippen molar-refractivity contribution in [3.8, 4) is 0 Å². The van der Waals surface area contributed by atoms with Gasteiger partial charge in [0.05, 0.1) is 25.2 Å². The van der Waals surface area contributed by atoms with Crippen molar-refractivity contribution in [2.24, 2.45) is 0 Å². The second-order valence-corrected chi connectivity index (χ2v) is 18.4. The van der Waals surface area contributed by atoms with Gasteiger partial charge < -0.3 is 20.3 Å². The SMILES string of the molecule is CCCCC/C=C\C/C=C\CCCCCCCCCC(=O)OC(CCCCC/C=C/C=C/C=C/C=C/CCCCC)CC(=O)NC(CO)C(O)CCCCCCCCCCCCCC. The Morgan fingerprint density at radius 3 is 1.38 bits per heavy atom. The lowest BCUT2D eigenvalue weighted by atomic mass is 10.0. The van der Waals surface area contributed by atoms with Gasteiger partial charge in [0.25, 0.3) is 0 Å². The number of unbranched alkanes of at least 4 members (excludes halogenated alkanes) is 27. The van der Waals surface area contributed by atoms with E-state index in [1.54, 1.807) is 0 Å². The Kier molecular flexibility index (Phi) is 49.1. The van der Waals surface area contributed by atoms with Crippen molar-refractivity contribution >= 4 is 11.9 Å². The maximum absolute atomic E-state index is 13.2. The van der Waals surface area contributed by atoms with Crippen LogP contribution in [0.25, 0.3) is 0 Å². The van der Waals surface area contributed by atoms with E-state index in [9.17, 15) is 19.8 Å². The van der Waals surface area contributed by atoms with E-state index < -0.39 is 18.2 Å². The van der Waals surface area contributed by atoms with Crippen LogP contribution in [0, 0.1) is 0 Å². The van der Waals surface area contributed by atoms with Gasteiger partial charge in [-0.25, -0.2) is 0 Å². The lowest BCUT2D eigenvalue weighted by Gasteiger charge is -2.24. The summed E-state index contributed by atoms with van der Waals surface area (Å²) in [5.74, 6) is -0.520. The van der Waals surface area contributed by atoms with E-state index in [1.807, 2.05) is 6.08 Å². The molecule has 0 aromatic carbocycles. The van der Waals surface area contributed by atoms with Crippen LogP contribution < -0.4 is 5.32 Å². The number of amides is 1. The Labute approximate surface area is 396 Å². The molecule has 3 N–H and O–H groups in total. The minimum absolute atomic E-state index is 0.0463. The molecule has 3 unspecified atom stereocenters. The predicted octanol–water partition coefficient (Wildman–Crippen LogP) is 16.6. The zero-order valence-electron chi connectivity index (χ0n) is 42.1. The smallest absolute Gasteiger partial charge is 0.306 e. The van der Waals surface area contributed by atoms with Gasteiger partial charge in [0.2, 0.25) is 5.91 Å². The van der Waals surface area contributed by atoms with Crippen LogP contribution in [-0.2, 0) is 14.3 Å². The molecule has 0 saturated carbocycles. The van der Waals surface area contributed by atoms with Gasteiger partial charge in [0, 0.05) is 6.42 Å². The van der Waals surface area contributed by atoms with Gasteiger partial charge in [-0.3, -0.25) is 9.59 Å². The molecule has 0 saturated heterocycles. The number of hydrogen-bond acceptors (Lipinski definition) is 5. The number of aliphatic hydroxyl groups excluding tert-OH is 2. The number of rotatable bonds is 48. The van der Waals surface area contributed by atoms with Crippen molar-refractivity contribution in [3.63, 3.8) is 0 Å². The molecule has 0 aliphatic rings. The Bertz CT molecular complexity index is 1190. The summed E-state index contributed by atoms with van der Waals surface area (Å²) in [4.78, 5) is 26.2. The van der Waals surface area contributed by atoms with Crippen LogP contribution in [0.2, 0.25) is 0 Å². The number of aliphatic hydroxyl groups is 2. The van der Waals surface area contributed by atoms with Gasteiger partial charge in [0.1, 0.15) is 6.10 Å². The van der Waals surface area contributed by atoms with Gasteiger partial charge in [0.15, 0.2) is 0 Å². The summed E-state index contributed by atoms with van der Waals surface area (Å²) in [6.07, 6.45) is 65.2. The first-order valence-corrected chi connectivity index (χ1v) is 27.2. The standard InChI is InChI=1S/C58H103NO5/c1-4-7-10-13-16-19-22-25-27-29-31-33-36-39-42-45-48-51-58(63)64-54(49-46-43-40-37-34-32-30-28-26-23-20-17-14-11-8-5-2)52-57(62)59-55(53-60)56(61)50-47-44-41-38-35-24-21-18-15-12-9-6-3/h16-17,19-20,23,25-28,30,32,34,54-56,60-61H,4-15,18,21-22,24,29,31,33,35-53H2,1-3H3,(H,59,62)/b19-16-,20-17+,26-23+,27-25-,30-28+,34-32+. The molecule has 0 rings (SSSR count). The van der Waals surface area contributed by atoms with E-state index in [2.05, 4.69) is 92.9 Å². The molecule has 0 aromatic heterocycles. The second-order valence-electron chi connectivity index (χ2n) is 18.4. The number of nitrogens with one attached hydrogen (secondary N) is 1. The molecular weight excluding hydrogens is 791 g/mol. The molecule has 370 valence electrons. The first-order valence-electron chi connectivity index (χ1n) is 27.2. The minimum atomic E-state index is -0.802. The van der Waals surface area contributed by atoms with Gasteiger partial charge in [-0.2, -0.15) is 0 Å². The summed E-state index contributed by atoms with van der Waals surface area (Å²) in [6, 6.07) is -0.719. The molecular formula is C58H103NO5. The normalized spacial score (nSPS) is 13.8. The fraction of sp³-hybridized carbons (Fsp3) is 0.759. The van der Waals surface area contributed by atoms with Gasteiger partial charge >= 0.3 is 5.97 Å². The Morgan fingerprint density at radius 1 is 0.469 bits per heavy atom. The summed E-state index contributed by atoms with van der Waals surface area (Å²) in [5.41, 5.74) is 0. The van der Waals surface area contributed by atoms with Crippen LogP contribution in [0.1, 0.15) is 258 Å². The van der Waals surface area contributed by atoms with E-state index in [0.29, 0.717) is 19.3 Å². The molecule has 3 atom stereocenters. The largest absolute Gasteiger partial charge is 0.462 e. The summed E-state index contributed by atoms with van der Waals surface area (Å²) >= 11 is 0. The molecule has 0 aliphatic carbocycles. The van der Waals surface area contributed by atoms with Crippen LogP contribution in [0.15, 0.2) is 72.9 Å². The highest BCUT2D eigenvalue weighted by atomic mass is 16.5. The number of carbonyl (C=O) groups excluding carboxylic acids is 2. The zero-order chi connectivity index (χ0) is 46.7. The molecule has 0 heterocycles. The Morgan fingerprint density at radius 2 is 0.859 bits per heavy atom.